The number of methoxy groups -OCH3 is 1. The second kappa shape index (κ2) is 10.6. The predicted octanol–water partition coefficient (Wildman–Crippen LogP) is 3.81. The second-order valence-corrected chi connectivity index (χ2v) is 6.77. The molecule has 0 spiro atoms. The summed E-state index contributed by atoms with van der Waals surface area (Å²) in [5, 5.41) is 5.06. The molecule has 0 radical (unpaired) electrons. The van der Waals surface area contributed by atoms with Gasteiger partial charge in [0, 0.05) is 18.1 Å². The number of unbranched alkanes of at least 4 members (excludes halogenated alkanes) is 3. The maximum absolute atomic E-state index is 13.0. The number of para-hydroxylation sites is 1. The number of aromatic nitrogens is 1. The van der Waals surface area contributed by atoms with Crippen molar-refractivity contribution in [1.82, 2.24) is 9.88 Å². The van der Waals surface area contributed by atoms with Crippen molar-refractivity contribution in [2.45, 2.75) is 32.6 Å². The van der Waals surface area contributed by atoms with E-state index in [4.69, 9.17) is 4.74 Å². The van der Waals surface area contributed by atoms with Crippen molar-refractivity contribution in [3.63, 3.8) is 0 Å². The molecule has 0 aliphatic heterocycles. The Balaban J connectivity index is 2.08. The highest BCUT2D eigenvalue weighted by Crippen LogP contribution is 2.20. The minimum Gasteiger partial charge on any atom is -0.496 e. The van der Waals surface area contributed by atoms with Crippen LogP contribution in [0.1, 0.15) is 43.0 Å². The number of carbonyl (C=O) groups excluding carboxylic acids is 2. The molecule has 1 aromatic carbocycles. The van der Waals surface area contributed by atoms with Gasteiger partial charge in [-0.25, -0.2) is 4.98 Å². The van der Waals surface area contributed by atoms with Gasteiger partial charge in [-0.15, -0.1) is 11.3 Å². The quantitative estimate of drug-likeness (QED) is 0.641. The zero-order valence-corrected chi connectivity index (χ0v) is 16.1. The number of ether oxygens (including phenoxy) is 1. The molecule has 0 fully saturated rings. The zero-order chi connectivity index (χ0) is 18.8. The molecule has 0 unspecified atom stereocenters. The number of hydrogen-bond donors (Lipinski definition) is 1. The summed E-state index contributed by atoms with van der Waals surface area (Å²) in [5.74, 6) is 0.0586. The third kappa shape index (κ3) is 5.84. The summed E-state index contributed by atoms with van der Waals surface area (Å²) in [7, 11) is 1.53. The van der Waals surface area contributed by atoms with Gasteiger partial charge in [-0.05, 0) is 18.6 Å². The number of thiazole rings is 1. The SMILES string of the molecule is CCCCCCN(CC(=O)Nc1nccs1)C(=O)c1ccccc1OC. The first kappa shape index (κ1) is 19.9. The summed E-state index contributed by atoms with van der Waals surface area (Å²) in [6.45, 7) is 2.66. The highest BCUT2D eigenvalue weighted by atomic mass is 32.1. The standard InChI is InChI=1S/C19H25N3O3S/c1-3-4-5-8-12-22(14-17(23)21-19-20-11-13-26-19)18(24)15-9-6-7-10-16(15)25-2/h6-7,9-11,13H,3-5,8,12,14H2,1-2H3,(H,20,21,23). The van der Waals surface area contributed by atoms with Crippen molar-refractivity contribution in [2.24, 2.45) is 0 Å². The van der Waals surface area contributed by atoms with Crippen LogP contribution in [0, 0.1) is 0 Å². The summed E-state index contributed by atoms with van der Waals surface area (Å²) < 4.78 is 5.29. The highest BCUT2D eigenvalue weighted by Gasteiger charge is 2.21. The number of anilines is 1. The van der Waals surface area contributed by atoms with Crippen LogP contribution in [0.2, 0.25) is 0 Å². The Morgan fingerprint density at radius 1 is 1.23 bits per heavy atom. The number of nitrogens with one attached hydrogen (secondary N) is 1. The molecule has 140 valence electrons. The van der Waals surface area contributed by atoms with E-state index in [-0.39, 0.29) is 18.4 Å². The van der Waals surface area contributed by atoms with E-state index in [1.807, 2.05) is 6.07 Å². The molecular formula is C19H25N3O3S. The molecule has 1 heterocycles. The van der Waals surface area contributed by atoms with Gasteiger partial charge in [0.25, 0.3) is 5.91 Å². The van der Waals surface area contributed by atoms with E-state index in [1.165, 1.54) is 18.4 Å². The van der Waals surface area contributed by atoms with Crippen LogP contribution in [0.3, 0.4) is 0 Å². The summed E-state index contributed by atoms with van der Waals surface area (Å²) >= 11 is 1.35. The summed E-state index contributed by atoms with van der Waals surface area (Å²) in [4.78, 5) is 30.9. The molecule has 0 aliphatic rings. The van der Waals surface area contributed by atoms with E-state index in [0.29, 0.717) is 23.0 Å². The minimum atomic E-state index is -0.251. The average molecular weight is 375 g/mol. The third-order valence-corrected chi connectivity index (χ3v) is 4.61. The number of amides is 2. The molecule has 0 bridgehead atoms. The van der Waals surface area contributed by atoms with Gasteiger partial charge in [-0.3, -0.25) is 9.59 Å². The van der Waals surface area contributed by atoms with Gasteiger partial charge in [0.2, 0.25) is 5.91 Å². The van der Waals surface area contributed by atoms with Gasteiger partial charge in [0.15, 0.2) is 5.13 Å². The van der Waals surface area contributed by atoms with E-state index in [0.717, 1.165) is 25.7 Å². The highest BCUT2D eigenvalue weighted by molar-refractivity contribution is 7.13. The largest absolute Gasteiger partial charge is 0.496 e. The van der Waals surface area contributed by atoms with Crippen molar-refractivity contribution in [3.8, 4) is 5.75 Å². The Morgan fingerprint density at radius 2 is 2.04 bits per heavy atom. The van der Waals surface area contributed by atoms with Crippen molar-refractivity contribution >= 4 is 28.3 Å². The van der Waals surface area contributed by atoms with Crippen LogP contribution in [0.4, 0.5) is 5.13 Å². The molecule has 2 amide bonds. The molecule has 0 saturated carbocycles. The molecule has 0 aliphatic carbocycles. The molecule has 7 heteroatoms. The maximum Gasteiger partial charge on any atom is 0.258 e. The lowest BCUT2D eigenvalue weighted by Gasteiger charge is -2.23. The van der Waals surface area contributed by atoms with Crippen molar-refractivity contribution in [1.29, 1.82) is 0 Å². The van der Waals surface area contributed by atoms with Crippen molar-refractivity contribution in [2.75, 3.05) is 25.5 Å². The Morgan fingerprint density at radius 3 is 2.73 bits per heavy atom. The van der Waals surface area contributed by atoms with Crippen LogP contribution >= 0.6 is 11.3 Å². The number of nitrogens with zero attached hydrogens (tertiary/aromatic N) is 2. The Bertz CT molecular complexity index is 704. The number of benzene rings is 1. The van der Waals surface area contributed by atoms with Crippen LogP contribution in [0.15, 0.2) is 35.8 Å². The first-order chi connectivity index (χ1) is 12.7. The fourth-order valence-corrected chi connectivity index (χ4v) is 3.14. The summed E-state index contributed by atoms with van der Waals surface area (Å²) in [6.07, 6.45) is 5.75. The molecule has 1 N–H and O–H groups in total. The van der Waals surface area contributed by atoms with Crippen molar-refractivity contribution < 1.29 is 14.3 Å². The summed E-state index contributed by atoms with van der Waals surface area (Å²) in [6, 6.07) is 7.08. The number of hydrogen-bond acceptors (Lipinski definition) is 5. The molecule has 0 saturated heterocycles. The van der Waals surface area contributed by atoms with E-state index < -0.39 is 0 Å². The molecule has 2 rings (SSSR count). The fraction of sp³-hybridized carbons (Fsp3) is 0.421. The Kier molecular flexibility index (Phi) is 8.08. The molecule has 2 aromatic rings. The van der Waals surface area contributed by atoms with Gasteiger partial charge in [-0.2, -0.15) is 0 Å². The second-order valence-electron chi connectivity index (χ2n) is 5.87. The van der Waals surface area contributed by atoms with E-state index in [1.54, 1.807) is 34.7 Å². The predicted molar refractivity (Wildman–Crippen MR) is 104 cm³/mol. The average Bonchev–Trinajstić information content (AvgIpc) is 3.16. The van der Waals surface area contributed by atoms with E-state index >= 15 is 0 Å². The van der Waals surface area contributed by atoms with Crippen molar-refractivity contribution in [3.05, 3.63) is 41.4 Å². The first-order valence-corrected chi connectivity index (χ1v) is 9.65. The monoisotopic (exact) mass is 375 g/mol. The van der Waals surface area contributed by atoms with E-state index in [2.05, 4.69) is 17.2 Å². The molecule has 26 heavy (non-hydrogen) atoms. The van der Waals surface area contributed by atoms with Gasteiger partial charge >= 0.3 is 0 Å². The minimum absolute atomic E-state index is 0.0113. The van der Waals surface area contributed by atoms with Gasteiger partial charge in [0.1, 0.15) is 12.3 Å². The zero-order valence-electron chi connectivity index (χ0n) is 15.2. The Labute approximate surface area is 158 Å². The molecule has 6 nitrogen and oxygen atoms in total. The lowest BCUT2D eigenvalue weighted by atomic mass is 10.1. The van der Waals surface area contributed by atoms with Crippen LogP contribution in [0.5, 0.6) is 5.75 Å². The Hall–Kier alpha value is -2.41. The van der Waals surface area contributed by atoms with Gasteiger partial charge in [0.05, 0.1) is 12.7 Å². The van der Waals surface area contributed by atoms with Gasteiger partial charge in [-0.1, -0.05) is 38.3 Å². The van der Waals surface area contributed by atoms with Crippen LogP contribution in [0.25, 0.3) is 0 Å². The number of rotatable bonds is 10. The lowest BCUT2D eigenvalue weighted by molar-refractivity contribution is -0.116. The maximum atomic E-state index is 13.0. The van der Waals surface area contributed by atoms with Crippen LogP contribution < -0.4 is 10.1 Å². The smallest absolute Gasteiger partial charge is 0.258 e. The molecule has 1 aromatic heterocycles. The van der Waals surface area contributed by atoms with Crippen LogP contribution in [-0.4, -0.2) is 41.9 Å². The third-order valence-electron chi connectivity index (χ3n) is 3.92. The number of carbonyl (C=O) groups is 2. The summed E-state index contributed by atoms with van der Waals surface area (Å²) in [5.41, 5.74) is 0.465. The van der Waals surface area contributed by atoms with E-state index in [9.17, 15) is 9.59 Å². The van der Waals surface area contributed by atoms with Gasteiger partial charge < -0.3 is 15.0 Å². The first-order valence-electron chi connectivity index (χ1n) is 8.77. The van der Waals surface area contributed by atoms with Crippen LogP contribution in [-0.2, 0) is 4.79 Å². The lowest BCUT2D eigenvalue weighted by Crippen LogP contribution is -2.38. The molecular weight excluding hydrogens is 350 g/mol. The molecule has 0 atom stereocenters. The fourth-order valence-electron chi connectivity index (χ4n) is 2.59. The normalized spacial score (nSPS) is 10.4. The topological polar surface area (TPSA) is 71.5 Å².